The fourth-order valence-corrected chi connectivity index (χ4v) is 1.66. The monoisotopic (exact) mass is 281 g/mol. The molecule has 1 aromatic carbocycles. The third-order valence-corrected chi connectivity index (χ3v) is 2.70. The highest BCUT2D eigenvalue weighted by Gasteiger charge is 2.20. The molecule has 3 nitrogen and oxygen atoms in total. The first-order valence-corrected chi connectivity index (χ1v) is 5.98. The van der Waals surface area contributed by atoms with E-state index < -0.39 is 22.9 Å². The first-order valence-electron chi connectivity index (χ1n) is 5.98. The van der Waals surface area contributed by atoms with Gasteiger partial charge in [0, 0.05) is 23.1 Å². The Morgan fingerprint density at radius 3 is 2.10 bits per heavy atom. The van der Waals surface area contributed by atoms with Crippen molar-refractivity contribution in [3.8, 4) is 11.3 Å². The van der Waals surface area contributed by atoms with Crippen molar-refractivity contribution in [2.75, 3.05) is 5.73 Å². The van der Waals surface area contributed by atoms with Gasteiger partial charge in [0.05, 0.1) is 5.69 Å². The van der Waals surface area contributed by atoms with Gasteiger partial charge in [0.1, 0.15) is 17.5 Å². The number of halogens is 3. The molecule has 0 fully saturated rings. The number of hydrogen-bond acceptors (Lipinski definition) is 3. The van der Waals surface area contributed by atoms with Crippen molar-refractivity contribution >= 4 is 5.82 Å². The van der Waals surface area contributed by atoms with E-state index in [0.717, 1.165) is 6.07 Å². The molecule has 2 aromatic rings. The highest BCUT2D eigenvalue weighted by Crippen LogP contribution is 2.27. The Kier molecular flexibility index (Phi) is 3.41. The predicted molar refractivity (Wildman–Crippen MR) is 70.5 cm³/mol. The first-order chi connectivity index (χ1) is 9.18. The molecule has 0 aliphatic rings. The number of nitrogens with two attached hydrogens (primary N) is 1. The van der Waals surface area contributed by atoms with Crippen LogP contribution in [0.25, 0.3) is 11.3 Å². The SMILES string of the molecule is CC(C)(C)c1nc(N)cc(-c2cc(F)c(F)cc2F)n1. The van der Waals surface area contributed by atoms with Gasteiger partial charge in [0.15, 0.2) is 11.6 Å². The second kappa shape index (κ2) is 4.77. The van der Waals surface area contributed by atoms with Gasteiger partial charge < -0.3 is 5.73 Å². The number of nitrogen functional groups attached to an aromatic ring is 1. The molecule has 0 atom stereocenters. The normalized spacial score (nSPS) is 11.7. The van der Waals surface area contributed by atoms with Crippen LogP contribution < -0.4 is 5.73 Å². The van der Waals surface area contributed by atoms with Crippen molar-refractivity contribution in [1.82, 2.24) is 9.97 Å². The topological polar surface area (TPSA) is 51.8 Å². The van der Waals surface area contributed by atoms with Crippen LogP contribution in [0.4, 0.5) is 19.0 Å². The summed E-state index contributed by atoms with van der Waals surface area (Å²) < 4.78 is 40.0. The molecule has 0 bridgehead atoms. The molecule has 0 aliphatic heterocycles. The van der Waals surface area contributed by atoms with E-state index in [1.54, 1.807) is 0 Å². The Balaban J connectivity index is 2.64. The van der Waals surface area contributed by atoms with Gasteiger partial charge in [0.25, 0.3) is 0 Å². The molecule has 2 N–H and O–H groups in total. The fraction of sp³-hybridized carbons (Fsp3) is 0.286. The van der Waals surface area contributed by atoms with Crippen molar-refractivity contribution in [2.45, 2.75) is 26.2 Å². The minimum absolute atomic E-state index is 0.124. The van der Waals surface area contributed by atoms with Crippen LogP contribution in [-0.4, -0.2) is 9.97 Å². The van der Waals surface area contributed by atoms with Crippen LogP contribution in [0.3, 0.4) is 0 Å². The van der Waals surface area contributed by atoms with E-state index in [9.17, 15) is 13.2 Å². The smallest absolute Gasteiger partial charge is 0.161 e. The quantitative estimate of drug-likeness (QED) is 0.815. The van der Waals surface area contributed by atoms with Gasteiger partial charge in [-0.25, -0.2) is 23.1 Å². The first kappa shape index (κ1) is 14.3. The lowest BCUT2D eigenvalue weighted by molar-refractivity contribution is 0.495. The molecule has 0 aliphatic carbocycles. The van der Waals surface area contributed by atoms with Crippen molar-refractivity contribution in [1.29, 1.82) is 0 Å². The summed E-state index contributed by atoms with van der Waals surface area (Å²) in [7, 11) is 0. The van der Waals surface area contributed by atoms with Gasteiger partial charge >= 0.3 is 0 Å². The Hall–Kier alpha value is -2.11. The second-order valence-corrected chi connectivity index (χ2v) is 5.50. The van der Waals surface area contributed by atoms with E-state index >= 15 is 0 Å². The summed E-state index contributed by atoms with van der Waals surface area (Å²) in [6, 6.07) is 2.57. The van der Waals surface area contributed by atoms with Gasteiger partial charge in [0.2, 0.25) is 0 Å². The zero-order valence-corrected chi connectivity index (χ0v) is 11.3. The lowest BCUT2D eigenvalue weighted by atomic mass is 9.95. The van der Waals surface area contributed by atoms with Gasteiger partial charge in [-0.15, -0.1) is 0 Å². The second-order valence-electron chi connectivity index (χ2n) is 5.50. The minimum atomic E-state index is -1.25. The summed E-state index contributed by atoms with van der Waals surface area (Å²) in [5.74, 6) is -2.75. The summed E-state index contributed by atoms with van der Waals surface area (Å²) in [4.78, 5) is 8.26. The molecular formula is C14H14F3N3. The zero-order valence-electron chi connectivity index (χ0n) is 11.3. The predicted octanol–water partition coefficient (Wildman–Crippen LogP) is 3.44. The van der Waals surface area contributed by atoms with Crippen molar-refractivity contribution < 1.29 is 13.2 Å². The van der Waals surface area contributed by atoms with Crippen LogP contribution in [0.1, 0.15) is 26.6 Å². The van der Waals surface area contributed by atoms with Gasteiger partial charge in [-0.05, 0) is 6.07 Å². The van der Waals surface area contributed by atoms with E-state index in [4.69, 9.17) is 5.73 Å². The Bertz CT molecular complexity index is 663. The highest BCUT2D eigenvalue weighted by molar-refractivity contribution is 5.62. The molecule has 20 heavy (non-hydrogen) atoms. The summed E-state index contributed by atoms with van der Waals surface area (Å²) in [5, 5.41) is 0. The van der Waals surface area contributed by atoms with Crippen molar-refractivity contribution in [3.63, 3.8) is 0 Å². The molecule has 0 saturated heterocycles. The number of nitrogens with zero attached hydrogens (tertiary/aromatic N) is 2. The molecule has 1 aromatic heterocycles. The van der Waals surface area contributed by atoms with Crippen LogP contribution in [0.5, 0.6) is 0 Å². The number of hydrogen-bond donors (Lipinski definition) is 1. The summed E-state index contributed by atoms with van der Waals surface area (Å²) in [6.07, 6.45) is 0. The van der Waals surface area contributed by atoms with E-state index in [-0.39, 0.29) is 17.1 Å². The molecular weight excluding hydrogens is 267 g/mol. The zero-order chi connectivity index (χ0) is 15.1. The lowest BCUT2D eigenvalue weighted by Crippen LogP contribution is -2.17. The van der Waals surface area contributed by atoms with Crippen LogP contribution in [0, 0.1) is 17.5 Å². The minimum Gasteiger partial charge on any atom is -0.384 e. The molecule has 2 rings (SSSR count). The largest absolute Gasteiger partial charge is 0.384 e. The van der Waals surface area contributed by atoms with Crippen LogP contribution in [0.15, 0.2) is 18.2 Å². The summed E-state index contributed by atoms with van der Waals surface area (Å²) in [6.45, 7) is 5.60. The molecule has 0 unspecified atom stereocenters. The van der Waals surface area contributed by atoms with Gasteiger partial charge in [-0.3, -0.25) is 0 Å². The number of benzene rings is 1. The molecule has 0 spiro atoms. The standard InChI is InChI=1S/C14H14F3N3/c1-14(2,3)13-19-11(6-12(18)20-13)7-4-9(16)10(17)5-8(7)15/h4-6H,1-3H3,(H2,18,19,20). The molecule has 0 radical (unpaired) electrons. The number of anilines is 1. The van der Waals surface area contributed by atoms with Gasteiger partial charge in [-0.1, -0.05) is 20.8 Å². The Labute approximate surface area is 114 Å². The maximum Gasteiger partial charge on any atom is 0.161 e. The summed E-state index contributed by atoms with van der Waals surface area (Å²) >= 11 is 0. The average Bonchev–Trinajstić information content (AvgIpc) is 2.32. The molecule has 1 heterocycles. The number of aromatic nitrogens is 2. The Morgan fingerprint density at radius 1 is 0.900 bits per heavy atom. The third kappa shape index (κ3) is 2.74. The van der Waals surface area contributed by atoms with Crippen molar-refractivity contribution in [3.05, 3.63) is 41.5 Å². The lowest BCUT2D eigenvalue weighted by Gasteiger charge is -2.18. The third-order valence-electron chi connectivity index (χ3n) is 2.70. The summed E-state index contributed by atoms with van der Waals surface area (Å²) in [5.41, 5.74) is 5.24. The Morgan fingerprint density at radius 2 is 1.50 bits per heavy atom. The van der Waals surface area contributed by atoms with E-state index in [0.29, 0.717) is 11.9 Å². The van der Waals surface area contributed by atoms with E-state index in [1.807, 2.05) is 20.8 Å². The van der Waals surface area contributed by atoms with E-state index in [1.165, 1.54) is 6.07 Å². The maximum atomic E-state index is 13.8. The molecule has 0 amide bonds. The molecule has 106 valence electrons. The van der Waals surface area contributed by atoms with Crippen LogP contribution in [0.2, 0.25) is 0 Å². The van der Waals surface area contributed by atoms with Crippen LogP contribution >= 0.6 is 0 Å². The number of rotatable bonds is 1. The van der Waals surface area contributed by atoms with E-state index in [2.05, 4.69) is 9.97 Å². The fourth-order valence-electron chi connectivity index (χ4n) is 1.66. The van der Waals surface area contributed by atoms with Gasteiger partial charge in [-0.2, -0.15) is 0 Å². The van der Waals surface area contributed by atoms with Crippen molar-refractivity contribution in [2.24, 2.45) is 0 Å². The highest BCUT2D eigenvalue weighted by atomic mass is 19.2. The molecule has 6 heteroatoms. The average molecular weight is 281 g/mol. The molecule has 0 saturated carbocycles. The van der Waals surface area contributed by atoms with Crippen LogP contribution in [-0.2, 0) is 5.41 Å². The maximum absolute atomic E-state index is 13.8.